The molecule has 3 heteroatoms. The molecule has 0 aliphatic heterocycles. The van der Waals surface area contributed by atoms with Gasteiger partial charge in [-0.15, -0.1) is 0 Å². The number of likely N-dealkylation sites (N-methyl/N-ethyl adjacent to an activating group) is 1. The zero-order chi connectivity index (χ0) is 14.4. The van der Waals surface area contributed by atoms with E-state index in [0.29, 0.717) is 6.61 Å². The van der Waals surface area contributed by atoms with E-state index in [4.69, 9.17) is 4.74 Å². The molecule has 0 unspecified atom stereocenters. The maximum Gasteiger partial charge on any atom is 0.120 e. The first-order valence-electron chi connectivity index (χ1n) is 6.89. The monoisotopic (exact) mass is 333 g/mol. The molecule has 0 radical (unpaired) electrons. The van der Waals surface area contributed by atoms with Gasteiger partial charge in [0.15, 0.2) is 0 Å². The number of benzene rings is 2. The second kappa shape index (κ2) is 7.34. The van der Waals surface area contributed by atoms with E-state index in [-0.39, 0.29) is 0 Å². The summed E-state index contributed by atoms with van der Waals surface area (Å²) in [6.45, 7) is 6.83. The van der Waals surface area contributed by atoms with Crippen molar-refractivity contribution in [3.8, 4) is 5.75 Å². The zero-order valence-corrected chi connectivity index (χ0v) is 13.6. The fourth-order valence-electron chi connectivity index (χ4n) is 2.12. The molecule has 0 fully saturated rings. The van der Waals surface area contributed by atoms with E-state index in [1.54, 1.807) is 0 Å². The molecule has 0 aliphatic carbocycles. The number of aryl methyl sites for hydroxylation is 1. The van der Waals surface area contributed by atoms with Crippen LogP contribution in [0.1, 0.15) is 12.5 Å². The number of nitrogens with zero attached hydrogens (tertiary/aromatic N) is 1. The second-order valence-electron chi connectivity index (χ2n) is 4.72. The van der Waals surface area contributed by atoms with Crippen molar-refractivity contribution in [2.75, 3.05) is 24.6 Å². The summed E-state index contributed by atoms with van der Waals surface area (Å²) in [5, 5.41) is 0. The van der Waals surface area contributed by atoms with E-state index in [0.717, 1.165) is 23.3 Å². The lowest BCUT2D eigenvalue weighted by atomic mass is 10.2. The van der Waals surface area contributed by atoms with Crippen molar-refractivity contribution in [3.05, 3.63) is 58.6 Å². The molecule has 20 heavy (non-hydrogen) atoms. The largest absolute Gasteiger partial charge is 0.492 e. The van der Waals surface area contributed by atoms with Crippen LogP contribution in [-0.4, -0.2) is 19.7 Å². The molecule has 0 atom stereocenters. The topological polar surface area (TPSA) is 12.5 Å². The molecule has 0 spiro atoms. The number of rotatable bonds is 6. The first kappa shape index (κ1) is 14.9. The van der Waals surface area contributed by atoms with Gasteiger partial charge < -0.3 is 9.64 Å². The number of halogens is 1. The molecule has 0 aliphatic rings. The van der Waals surface area contributed by atoms with Gasteiger partial charge in [-0.05, 0) is 49.7 Å². The fourth-order valence-corrected chi connectivity index (χ4v) is 2.50. The van der Waals surface area contributed by atoms with Gasteiger partial charge in [-0.3, -0.25) is 0 Å². The molecule has 0 heterocycles. The Labute approximate surface area is 129 Å². The van der Waals surface area contributed by atoms with Crippen molar-refractivity contribution in [1.29, 1.82) is 0 Å². The van der Waals surface area contributed by atoms with Gasteiger partial charge in [0, 0.05) is 16.7 Å². The summed E-state index contributed by atoms with van der Waals surface area (Å²) in [5.41, 5.74) is 2.54. The molecular weight excluding hydrogens is 314 g/mol. The van der Waals surface area contributed by atoms with Crippen LogP contribution in [0.4, 0.5) is 5.69 Å². The summed E-state index contributed by atoms with van der Waals surface area (Å²) in [5.74, 6) is 0.902. The molecule has 0 N–H and O–H groups in total. The van der Waals surface area contributed by atoms with Crippen LogP contribution in [0.25, 0.3) is 0 Å². The fraction of sp³-hybridized carbons (Fsp3) is 0.294. The minimum absolute atomic E-state index is 0.679. The average molecular weight is 334 g/mol. The van der Waals surface area contributed by atoms with Crippen molar-refractivity contribution < 1.29 is 4.74 Å². The lowest BCUT2D eigenvalue weighted by molar-refractivity contribution is 0.324. The zero-order valence-electron chi connectivity index (χ0n) is 12.0. The molecule has 0 amide bonds. The van der Waals surface area contributed by atoms with Crippen molar-refractivity contribution in [3.63, 3.8) is 0 Å². The van der Waals surface area contributed by atoms with E-state index in [2.05, 4.69) is 58.9 Å². The Morgan fingerprint density at radius 3 is 2.60 bits per heavy atom. The molecule has 2 aromatic carbocycles. The third-order valence-corrected chi connectivity index (χ3v) is 3.67. The summed E-state index contributed by atoms with van der Waals surface area (Å²) in [6, 6.07) is 16.5. The van der Waals surface area contributed by atoms with Crippen molar-refractivity contribution >= 4 is 21.6 Å². The van der Waals surface area contributed by atoms with Gasteiger partial charge >= 0.3 is 0 Å². The van der Waals surface area contributed by atoms with Crippen LogP contribution >= 0.6 is 15.9 Å². The molecule has 0 saturated carbocycles. The molecule has 0 aromatic heterocycles. The Morgan fingerprint density at radius 1 is 1.10 bits per heavy atom. The predicted octanol–water partition coefficient (Wildman–Crippen LogP) is 4.66. The highest BCUT2D eigenvalue weighted by Crippen LogP contribution is 2.18. The summed E-state index contributed by atoms with van der Waals surface area (Å²) in [7, 11) is 0. The molecule has 0 bridgehead atoms. The van der Waals surface area contributed by atoms with Crippen LogP contribution in [0.3, 0.4) is 0 Å². The van der Waals surface area contributed by atoms with Gasteiger partial charge in [0.2, 0.25) is 0 Å². The Kier molecular flexibility index (Phi) is 5.48. The highest BCUT2D eigenvalue weighted by molar-refractivity contribution is 9.10. The number of ether oxygens (including phenoxy) is 1. The molecule has 106 valence electrons. The Morgan fingerprint density at radius 2 is 1.90 bits per heavy atom. The van der Waals surface area contributed by atoms with Gasteiger partial charge in [0.1, 0.15) is 12.4 Å². The standard InChI is InChI=1S/C17H20BrNO/c1-3-19(16-8-4-6-14(2)12-16)10-11-20-17-9-5-7-15(18)13-17/h4-9,12-13H,3,10-11H2,1-2H3. The van der Waals surface area contributed by atoms with Crippen molar-refractivity contribution in [2.45, 2.75) is 13.8 Å². The minimum atomic E-state index is 0.679. The van der Waals surface area contributed by atoms with Crippen LogP contribution in [0, 0.1) is 6.92 Å². The van der Waals surface area contributed by atoms with Crippen LogP contribution < -0.4 is 9.64 Å². The van der Waals surface area contributed by atoms with Gasteiger partial charge in [0.05, 0.1) is 6.54 Å². The summed E-state index contributed by atoms with van der Waals surface area (Å²) in [6.07, 6.45) is 0. The third kappa shape index (κ3) is 4.27. The first-order valence-corrected chi connectivity index (χ1v) is 7.68. The molecule has 0 saturated heterocycles. The maximum atomic E-state index is 5.80. The number of hydrogen-bond donors (Lipinski definition) is 0. The summed E-state index contributed by atoms with van der Waals surface area (Å²) >= 11 is 3.45. The number of anilines is 1. The third-order valence-electron chi connectivity index (χ3n) is 3.17. The Hall–Kier alpha value is -1.48. The van der Waals surface area contributed by atoms with Crippen LogP contribution in [0.2, 0.25) is 0 Å². The molecule has 2 rings (SSSR count). The van der Waals surface area contributed by atoms with Crippen LogP contribution in [0.5, 0.6) is 5.75 Å². The average Bonchev–Trinajstić information content (AvgIpc) is 2.44. The van der Waals surface area contributed by atoms with E-state index in [9.17, 15) is 0 Å². The Bertz CT molecular complexity index is 556. The first-order chi connectivity index (χ1) is 9.69. The molecule has 2 nitrogen and oxygen atoms in total. The highest BCUT2D eigenvalue weighted by atomic mass is 79.9. The van der Waals surface area contributed by atoms with Crippen molar-refractivity contribution in [1.82, 2.24) is 0 Å². The Balaban J connectivity index is 1.91. The van der Waals surface area contributed by atoms with E-state index in [1.807, 2.05) is 24.3 Å². The van der Waals surface area contributed by atoms with E-state index < -0.39 is 0 Å². The quantitative estimate of drug-likeness (QED) is 0.762. The smallest absolute Gasteiger partial charge is 0.120 e. The predicted molar refractivity (Wildman–Crippen MR) is 88.7 cm³/mol. The minimum Gasteiger partial charge on any atom is -0.492 e. The van der Waals surface area contributed by atoms with Crippen LogP contribution in [0.15, 0.2) is 53.0 Å². The summed E-state index contributed by atoms with van der Waals surface area (Å²) in [4.78, 5) is 2.32. The second-order valence-corrected chi connectivity index (χ2v) is 5.64. The SMILES string of the molecule is CCN(CCOc1cccc(Br)c1)c1cccc(C)c1. The maximum absolute atomic E-state index is 5.80. The van der Waals surface area contributed by atoms with Gasteiger partial charge in [-0.1, -0.05) is 34.1 Å². The molecular formula is C17H20BrNO. The van der Waals surface area contributed by atoms with E-state index >= 15 is 0 Å². The van der Waals surface area contributed by atoms with Gasteiger partial charge in [-0.2, -0.15) is 0 Å². The normalized spacial score (nSPS) is 10.3. The van der Waals surface area contributed by atoms with Crippen LogP contribution in [-0.2, 0) is 0 Å². The summed E-state index contributed by atoms with van der Waals surface area (Å²) < 4.78 is 6.84. The van der Waals surface area contributed by atoms with Crippen molar-refractivity contribution in [2.24, 2.45) is 0 Å². The van der Waals surface area contributed by atoms with Gasteiger partial charge in [-0.25, -0.2) is 0 Å². The lowest BCUT2D eigenvalue weighted by Crippen LogP contribution is -2.28. The van der Waals surface area contributed by atoms with E-state index in [1.165, 1.54) is 11.3 Å². The molecule has 2 aromatic rings. The number of hydrogen-bond acceptors (Lipinski definition) is 2. The highest BCUT2D eigenvalue weighted by Gasteiger charge is 2.04. The van der Waals surface area contributed by atoms with Gasteiger partial charge in [0.25, 0.3) is 0 Å². The lowest BCUT2D eigenvalue weighted by Gasteiger charge is -2.23.